The van der Waals surface area contributed by atoms with Crippen LogP contribution < -0.4 is 15.8 Å². The molecule has 0 aliphatic carbocycles. The van der Waals surface area contributed by atoms with Crippen LogP contribution in [0.2, 0.25) is 0 Å². The highest BCUT2D eigenvalue weighted by molar-refractivity contribution is 5.78. The third-order valence-corrected chi connectivity index (χ3v) is 4.32. The van der Waals surface area contributed by atoms with Gasteiger partial charge in [-0.2, -0.15) is 0 Å². The van der Waals surface area contributed by atoms with Crippen molar-refractivity contribution in [3.8, 4) is 0 Å². The van der Waals surface area contributed by atoms with Crippen molar-refractivity contribution in [2.75, 3.05) is 18.0 Å². The maximum atomic E-state index is 13.0. The number of fused-ring (bicyclic) bond motifs is 1. The van der Waals surface area contributed by atoms with Gasteiger partial charge in [-0.05, 0) is 45.7 Å². The zero-order chi connectivity index (χ0) is 18.0. The standard InChI is InChI=1S/C19H26N4O2/c1-19(2,3)21-16(24)10-13-23-15-9-5-4-8-14(15)20-17(18(23)25)22-11-6-7-12-22/h4-5,8-9H,6-7,10-13H2,1-3H3,(H,21,24). The average molecular weight is 342 g/mol. The number of rotatable bonds is 4. The third-order valence-electron chi connectivity index (χ3n) is 4.32. The Labute approximate surface area is 147 Å². The highest BCUT2D eigenvalue weighted by atomic mass is 16.2. The Morgan fingerprint density at radius 3 is 2.56 bits per heavy atom. The molecule has 0 saturated carbocycles. The van der Waals surface area contributed by atoms with Crippen LogP contribution in [0.1, 0.15) is 40.0 Å². The molecule has 1 aliphatic heterocycles. The summed E-state index contributed by atoms with van der Waals surface area (Å²) in [5.41, 5.74) is 1.19. The smallest absolute Gasteiger partial charge is 0.294 e. The number of hydrogen-bond acceptors (Lipinski definition) is 4. The number of nitrogens with one attached hydrogen (secondary N) is 1. The van der Waals surface area contributed by atoms with Crippen LogP contribution in [0.4, 0.5) is 5.82 Å². The van der Waals surface area contributed by atoms with E-state index in [1.807, 2.05) is 45.0 Å². The average Bonchev–Trinajstić information content (AvgIpc) is 3.06. The summed E-state index contributed by atoms with van der Waals surface area (Å²) < 4.78 is 1.69. The summed E-state index contributed by atoms with van der Waals surface area (Å²) in [6.07, 6.45) is 2.44. The minimum absolute atomic E-state index is 0.0528. The largest absolute Gasteiger partial charge is 0.352 e. The monoisotopic (exact) mass is 342 g/mol. The summed E-state index contributed by atoms with van der Waals surface area (Å²) in [4.78, 5) is 31.8. The van der Waals surface area contributed by atoms with Crippen LogP contribution in [0.5, 0.6) is 0 Å². The van der Waals surface area contributed by atoms with Crippen molar-refractivity contribution in [1.29, 1.82) is 0 Å². The first-order valence-electron chi connectivity index (χ1n) is 8.91. The molecular weight excluding hydrogens is 316 g/mol. The molecule has 6 nitrogen and oxygen atoms in total. The first kappa shape index (κ1) is 17.5. The Balaban J connectivity index is 1.93. The molecule has 1 N–H and O–H groups in total. The van der Waals surface area contributed by atoms with Gasteiger partial charge >= 0.3 is 0 Å². The van der Waals surface area contributed by atoms with Gasteiger partial charge in [0.1, 0.15) is 0 Å². The SMILES string of the molecule is CC(C)(C)NC(=O)CCn1c(=O)c(N2CCCC2)nc2ccccc21. The van der Waals surface area contributed by atoms with E-state index in [9.17, 15) is 9.59 Å². The summed E-state index contributed by atoms with van der Waals surface area (Å²) in [6, 6.07) is 7.62. The van der Waals surface area contributed by atoms with Gasteiger partial charge in [0.25, 0.3) is 5.56 Å². The van der Waals surface area contributed by atoms with Crippen molar-refractivity contribution in [3.63, 3.8) is 0 Å². The number of benzene rings is 1. The minimum atomic E-state index is -0.275. The first-order chi connectivity index (χ1) is 11.8. The molecule has 2 aromatic rings. The zero-order valence-corrected chi connectivity index (χ0v) is 15.2. The number of carbonyl (C=O) groups excluding carboxylic acids is 1. The fraction of sp³-hybridized carbons (Fsp3) is 0.526. The second-order valence-electron chi connectivity index (χ2n) is 7.62. The number of para-hydroxylation sites is 2. The third kappa shape index (κ3) is 4.00. The van der Waals surface area contributed by atoms with Gasteiger partial charge in [-0.3, -0.25) is 9.59 Å². The molecule has 0 atom stereocenters. The van der Waals surface area contributed by atoms with E-state index >= 15 is 0 Å². The Hall–Kier alpha value is -2.37. The highest BCUT2D eigenvalue weighted by Gasteiger charge is 2.20. The molecule has 1 amide bonds. The molecule has 3 rings (SSSR count). The Morgan fingerprint density at radius 2 is 1.88 bits per heavy atom. The van der Waals surface area contributed by atoms with E-state index in [-0.39, 0.29) is 23.4 Å². The maximum Gasteiger partial charge on any atom is 0.294 e. The van der Waals surface area contributed by atoms with Crippen molar-refractivity contribution < 1.29 is 4.79 Å². The van der Waals surface area contributed by atoms with E-state index in [2.05, 4.69) is 15.2 Å². The summed E-state index contributed by atoms with van der Waals surface area (Å²) >= 11 is 0. The number of aryl methyl sites for hydroxylation is 1. The lowest BCUT2D eigenvalue weighted by molar-refractivity contribution is -0.122. The topological polar surface area (TPSA) is 67.2 Å². The van der Waals surface area contributed by atoms with Crippen molar-refractivity contribution in [3.05, 3.63) is 34.6 Å². The van der Waals surface area contributed by atoms with Gasteiger partial charge in [0, 0.05) is 31.6 Å². The van der Waals surface area contributed by atoms with Gasteiger partial charge < -0.3 is 14.8 Å². The molecular formula is C19H26N4O2. The van der Waals surface area contributed by atoms with Crippen LogP contribution in [-0.2, 0) is 11.3 Å². The van der Waals surface area contributed by atoms with Crippen molar-refractivity contribution in [2.45, 2.75) is 52.1 Å². The lowest BCUT2D eigenvalue weighted by Crippen LogP contribution is -2.41. The van der Waals surface area contributed by atoms with Crippen molar-refractivity contribution >= 4 is 22.8 Å². The molecule has 1 aliphatic rings. The fourth-order valence-corrected chi connectivity index (χ4v) is 3.23. The molecule has 6 heteroatoms. The van der Waals surface area contributed by atoms with Gasteiger partial charge in [0.15, 0.2) is 5.82 Å². The van der Waals surface area contributed by atoms with Crippen LogP contribution in [0, 0.1) is 0 Å². The van der Waals surface area contributed by atoms with Gasteiger partial charge in [-0.1, -0.05) is 12.1 Å². The molecule has 1 aromatic carbocycles. The van der Waals surface area contributed by atoms with Gasteiger partial charge in [-0.25, -0.2) is 4.98 Å². The van der Waals surface area contributed by atoms with Gasteiger partial charge in [-0.15, -0.1) is 0 Å². The highest BCUT2D eigenvalue weighted by Crippen LogP contribution is 2.18. The number of hydrogen-bond donors (Lipinski definition) is 1. The first-order valence-corrected chi connectivity index (χ1v) is 8.91. The van der Waals surface area contributed by atoms with E-state index < -0.39 is 0 Å². The number of carbonyl (C=O) groups is 1. The lowest BCUT2D eigenvalue weighted by atomic mass is 10.1. The van der Waals surface area contributed by atoms with E-state index in [0.717, 1.165) is 37.0 Å². The van der Waals surface area contributed by atoms with Crippen molar-refractivity contribution in [2.24, 2.45) is 0 Å². The quantitative estimate of drug-likeness (QED) is 0.926. The molecule has 0 unspecified atom stereocenters. The van der Waals surface area contributed by atoms with Crippen LogP contribution in [0.3, 0.4) is 0 Å². The van der Waals surface area contributed by atoms with Crippen LogP contribution in [0.15, 0.2) is 29.1 Å². The molecule has 1 fully saturated rings. The number of aromatic nitrogens is 2. The van der Waals surface area contributed by atoms with Gasteiger partial charge in [0.05, 0.1) is 11.0 Å². The number of nitrogens with zero attached hydrogens (tertiary/aromatic N) is 3. The predicted molar refractivity (Wildman–Crippen MR) is 100.0 cm³/mol. The summed E-state index contributed by atoms with van der Waals surface area (Å²) in [7, 11) is 0. The van der Waals surface area contributed by atoms with Crippen LogP contribution >= 0.6 is 0 Å². The Kier molecular flexibility index (Phi) is 4.79. The molecule has 25 heavy (non-hydrogen) atoms. The van der Waals surface area contributed by atoms with Crippen molar-refractivity contribution in [1.82, 2.24) is 14.9 Å². The summed E-state index contributed by atoms with van der Waals surface area (Å²) in [6.45, 7) is 7.93. The number of amides is 1. The summed E-state index contributed by atoms with van der Waals surface area (Å²) in [5, 5.41) is 2.95. The van der Waals surface area contributed by atoms with Gasteiger partial charge in [0.2, 0.25) is 5.91 Å². The summed E-state index contributed by atoms with van der Waals surface area (Å²) in [5.74, 6) is 0.454. The zero-order valence-electron chi connectivity index (χ0n) is 15.2. The fourth-order valence-electron chi connectivity index (χ4n) is 3.23. The normalized spacial score (nSPS) is 14.9. The van der Waals surface area contributed by atoms with E-state index in [1.165, 1.54) is 0 Å². The molecule has 1 saturated heterocycles. The molecule has 0 spiro atoms. The minimum Gasteiger partial charge on any atom is -0.352 e. The van der Waals surface area contributed by atoms with Crippen LogP contribution in [0.25, 0.3) is 11.0 Å². The molecule has 0 radical (unpaired) electrons. The maximum absolute atomic E-state index is 13.0. The van der Waals surface area contributed by atoms with E-state index in [1.54, 1.807) is 4.57 Å². The molecule has 1 aromatic heterocycles. The lowest BCUT2D eigenvalue weighted by Gasteiger charge is -2.21. The molecule has 134 valence electrons. The Bertz CT molecular complexity index is 829. The predicted octanol–water partition coefficient (Wildman–Crippen LogP) is 2.30. The van der Waals surface area contributed by atoms with Crippen LogP contribution in [-0.4, -0.2) is 34.1 Å². The van der Waals surface area contributed by atoms with E-state index in [4.69, 9.17) is 0 Å². The number of anilines is 1. The second kappa shape index (κ2) is 6.86. The van der Waals surface area contributed by atoms with E-state index in [0.29, 0.717) is 12.4 Å². The molecule has 0 bridgehead atoms. The molecule has 2 heterocycles. The Morgan fingerprint density at radius 1 is 1.20 bits per heavy atom. The second-order valence-corrected chi connectivity index (χ2v) is 7.62.